The van der Waals surface area contributed by atoms with Crippen molar-refractivity contribution in [2.45, 2.75) is 110 Å². The molecule has 0 radical (unpaired) electrons. The van der Waals surface area contributed by atoms with Gasteiger partial charge in [0.2, 0.25) is 8.32 Å². The highest BCUT2D eigenvalue weighted by Crippen LogP contribution is 2.54. The molecule has 0 aromatic heterocycles. The third-order valence-corrected chi connectivity index (χ3v) is 12.1. The third-order valence-electron chi connectivity index (χ3n) is 7.73. The van der Waals surface area contributed by atoms with Gasteiger partial charge in [0.25, 0.3) is 0 Å². The van der Waals surface area contributed by atoms with E-state index in [4.69, 9.17) is 9.16 Å². The van der Waals surface area contributed by atoms with Crippen molar-refractivity contribution in [1.82, 2.24) is 0 Å². The van der Waals surface area contributed by atoms with E-state index in [1.807, 2.05) is 0 Å². The number of aryl methyl sites for hydroxylation is 1. The van der Waals surface area contributed by atoms with E-state index >= 15 is 0 Å². The lowest BCUT2D eigenvalue weighted by Crippen LogP contribution is -2.47. The topological polar surface area (TPSA) is 35.5 Å². The molecule has 0 bridgehead atoms. The van der Waals surface area contributed by atoms with Crippen LogP contribution in [-0.2, 0) is 11.2 Å². The van der Waals surface area contributed by atoms with Crippen molar-refractivity contribution in [3.8, 4) is 11.5 Å². The normalized spacial score (nSPS) is 22.6. The van der Waals surface area contributed by atoms with Crippen LogP contribution in [0.3, 0.4) is 0 Å². The molecule has 0 spiro atoms. The van der Waals surface area contributed by atoms with Crippen LogP contribution in [0.15, 0.2) is 23.8 Å². The van der Waals surface area contributed by atoms with Gasteiger partial charge in [0, 0.05) is 17.4 Å². The molecule has 4 heteroatoms. The highest BCUT2D eigenvalue weighted by molar-refractivity contribution is 6.74. The first-order valence-electron chi connectivity index (χ1n) is 12.1. The summed E-state index contributed by atoms with van der Waals surface area (Å²) in [6, 6.07) is 4.52. The van der Waals surface area contributed by atoms with Crippen LogP contribution in [-0.4, -0.2) is 20.2 Å². The van der Waals surface area contributed by atoms with Crippen molar-refractivity contribution in [3.05, 3.63) is 34.9 Å². The van der Waals surface area contributed by atoms with Crippen LogP contribution in [0.4, 0.5) is 0 Å². The number of aldehydes is 1. The van der Waals surface area contributed by atoms with Gasteiger partial charge in [-0.1, -0.05) is 46.6 Å². The van der Waals surface area contributed by atoms with Crippen LogP contribution < -0.4 is 9.16 Å². The number of rotatable bonds is 7. The minimum atomic E-state index is -2.03. The lowest BCUT2D eigenvalue weighted by molar-refractivity contribution is -0.105. The largest absolute Gasteiger partial charge is 0.543 e. The fraction of sp³-hybridized carbons (Fsp3) is 0.667. The molecule has 1 aliphatic carbocycles. The molecule has 0 unspecified atom stereocenters. The van der Waals surface area contributed by atoms with E-state index in [1.54, 1.807) is 0 Å². The third kappa shape index (κ3) is 4.94. The number of hydrogen-bond donors (Lipinski definition) is 0. The van der Waals surface area contributed by atoms with Crippen LogP contribution in [0.5, 0.6) is 11.5 Å². The zero-order valence-electron chi connectivity index (χ0n) is 20.9. The average molecular weight is 443 g/mol. The van der Waals surface area contributed by atoms with Crippen LogP contribution in [0, 0.1) is 5.92 Å². The number of benzene rings is 1. The zero-order chi connectivity index (χ0) is 23.0. The molecular weight excluding hydrogens is 400 g/mol. The number of carbonyl (C=O) groups excluding carboxylic acids is 1. The molecule has 3 rings (SSSR count). The molecule has 2 atom stereocenters. The Labute approximate surface area is 190 Å². The van der Waals surface area contributed by atoms with Gasteiger partial charge in [-0.25, -0.2) is 0 Å². The number of fused-ring (bicyclic) bond motifs is 3. The molecule has 2 aliphatic rings. The highest BCUT2D eigenvalue weighted by Gasteiger charge is 2.47. The molecular formula is C27H42O3Si. The summed E-state index contributed by atoms with van der Waals surface area (Å²) in [4.78, 5) is 11.6. The van der Waals surface area contributed by atoms with Gasteiger partial charge in [-0.3, -0.25) is 4.79 Å². The SMILES string of the molecule is CCCCCc1cc2c(c(O[Si](C)(C)C(C)(C)C)c1)[C@@H]1C=C(C=O)CC[C@H]1C(C)(C)O2. The summed E-state index contributed by atoms with van der Waals surface area (Å²) in [6.07, 6.45) is 9.70. The predicted octanol–water partition coefficient (Wildman–Crippen LogP) is 7.59. The molecule has 1 aliphatic heterocycles. The van der Waals surface area contributed by atoms with Gasteiger partial charge in [0.15, 0.2) is 0 Å². The maximum atomic E-state index is 11.6. The van der Waals surface area contributed by atoms with Crippen molar-refractivity contribution in [2.24, 2.45) is 5.92 Å². The fourth-order valence-corrected chi connectivity index (χ4v) is 5.78. The van der Waals surface area contributed by atoms with Crippen molar-refractivity contribution in [1.29, 1.82) is 0 Å². The first-order chi connectivity index (χ1) is 14.4. The Balaban J connectivity index is 2.14. The lowest BCUT2D eigenvalue weighted by Gasteiger charge is -2.47. The average Bonchev–Trinajstić information content (AvgIpc) is 2.65. The maximum absolute atomic E-state index is 11.6. The van der Waals surface area contributed by atoms with E-state index in [0.717, 1.165) is 48.2 Å². The summed E-state index contributed by atoms with van der Waals surface area (Å²) in [6.45, 7) is 18.1. The number of unbranched alkanes of at least 4 members (excludes halogenated alkanes) is 2. The van der Waals surface area contributed by atoms with Crippen molar-refractivity contribution >= 4 is 14.6 Å². The molecule has 172 valence electrons. The Bertz CT molecular complexity index is 845. The molecule has 31 heavy (non-hydrogen) atoms. The van der Waals surface area contributed by atoms with E-state index in [9.17, 15) is 4.79 Å². The van der Waals surface area contributed by atoms with E-state index in [0.29, 0.717) is 5.92 Å². The van der Waals surface area contributed by atoms with Gasteiger partial charge < -0.3 is 9.16 Å². The summed E-state index contributed by atoms with van der Waals surface area (Å²) < 4.78 is 13.6. The highest BCUT2D eigenvalue weighted by atomic mass is 28.4. The van der Waals surface area contributed by atoms with Gasteiger partial charge in [-0.2, -0.15) is 0 Å². The first kappa shape index (κ1) is 24.1. The first-order valence-corrected chi connectivity index (χ1v) is 15.0. The number of allylic oxidation sites excluding steroid dienone is 2. The summed E-state index contributed by atoms with van der Waals surface area (Å²) in [5.41, 5.74) is 3.10. The van der Waals surface area contributed by atoms with Gasteiger partial charge in [0.05, 0.1) is 0 Å². The summed E-state index contributed by atoms with van der Waals surface area (Å²) in [7, 11) is -2.03. The quantitative estimate of drug-likeness (QED) is 0.248. The molecule has 0 saturated carbocycles. The van der Waals surface area contributed by atoms with Crippen LogP contribution in [0.25, 0.3) is 0 Å². The number of hydrogen-bond acceptors (Lipinski definition) is 3. The Morgan fingerprint density at radius 2 is 1.94 bits per heavy atom. The molecule has 1 heterocycles. The second-order valence-electron chi connectivity index (χ2n) is 11.6. The molecule has 1 aromatic carbocycles. The van der Waals surface area contributed by atoms with E-state index < -0.39 is 8.32 Å². The molecule has 1 aromatic rings. The Morgan fingerprint density at radius 3 is 2.55 bits per heavy atom. The van der Waals surface area contributed by atoms with Crippen molar-refractivity contribution < 1.29 is 14.0 Å². The Hall–Kier alpha value is -1.55. The van der Waals surface area contributed by atoms with Crippen molar-refractivity contribution in [3.63, 3.8) is 0 Å². The number of ether oxygens (including phenoxy) is 1. The molecule has 0 N–H and O–H groups in total. The minimum Gasteiger partial charge on any atom is -0.543 e. The monoisotopic (exact) mass is 442 g/mol. The fourth-order valence-electron chi connectivity index (χ4n) is 4.76. The predicted molar refractivity (Wildman–Crippen MR) is 132 cm³/mol. The van der Waals surface area contributed by atoms with Crippen molar-refractivity contribution in [2.75, 3.05) is 0 Å². The molecule has 3 nitrogen and oxygen atoms in total. The van der Waals surface area contributed by atoms with E-state index in [2.05, 4.69) is 72.8 Å². The Kier molecular flexibility index (Phi) is 6.81. The second kappa shape index (κ2) is 8.76. The van der Waals surface area contributed by atoms with Gasteiger partial charge >= 0.3 is 0 Å². The molecule has 0 amide bonds. The van der Waals surface area contributed by atoms with Gasteiger partial charge in [0.1, 0.15) is 23.4 Å². The van der Waals surface area contributed by atoms with Crippen LogP contribution >= 0.6 is 0 Å². The summed E-state index contributed by atoms with van der Waals surface area (Å²) >= 11 is 0. The smallest absolute Gasteiger partial charge is 0.250 e. The lowest BCUT2D eigenvalue weighted by atomic mass is 9.68. The zero-order valence-corrected chi connectivity index (χ0v) is 21.9. The molecule has 0 fully saturated rings. The molecule has 0 saturated heterocycles. The minimum absolute atomic E-state index is 0.114. The standard InChI is InChI=1S/C27H42O3Si/c1-9-10-11-12-19-16-23-25(24(17-19)30-31(7,8)26(2,3)4)21-15-20(18-28)13-14-22(21)27(5,6)29-23/h15-18,21-22H,9-14H2,1-8H3/t21-,22-/m1/s1. The van der Waals surface area contributed by atoms with Crippen LogP contribution in [0.2, 0.25) is 18.1 Å². The second-order valence-corrected chi connectivity index (χ2v) is 16.3. The van der Waals surface area contributed by atoms with Gasteiger partial charge in [-0.15, -0.1) is 0 Å². The summed E-state index contributed by atoms with van der Waals surface area (Å²) in [5, 5.41) is 0.114. The van der Waals surface area contributed by atoms with Gasteiger partial charge in [-0.05, 0) is 80.9 Å². The Morgan fingerprint density at radius 1 is 1.23 bits per heavy atom. The number of carbonyl (C=O) groups is 1. The summed E-state index contributed by atoms with van der Waals surface area (Å²) in [5.74, 6) is 2.45. The van der Waals surface area contributed by atoms with E-state index in [1.165, 1.54) is 24.8 Å². The maximum Gasteiger partial charge on any atom is 0.250 e. The van der Waals surface area contributed by atoms with E-state index in [-0.39, 0.29) is 16.6 Å². The van der Waals surface area contributed by atoms with Crippen LogP contribution in [0.1, 0.15) is 90.7 Å².